The molecule has 0 radical (unpaired) electrons. The topological polar surface area (TPSA) is 83.1 Å². The Balaban J connectivity index is 2.04. The van der Waals surface area contributed by atoms with Gasteiger partial charge in [0.1, 0.15) is 28.3 Å². The molecule has 0 saturated carbocycles. The molecule has 2 N–H and O–H groups in total. The van der Waals surface area contributed by atoms with Gasteiger partial charge in [0.25, 0.3) is 0 Å². The molecule has 1 saturated heterocycles. The first-order chi connectivity index (χ1) is 13.0. The Morgan fingerprint density at radius 3 is 2.33 bits per heavy atom. The van der Waals surface area contributed by atoms with Gasteiger partial charge in [-0.3, -0.25) is 4.79 Å². The number of phenolic OH excluding ortho intramolecular Hbond substituents is 2. The maximum absolute atomic E-state index is 12.7. The quantitative estimate of drug-likeness (QED) is 0.667. The Hall–Kier alpha value is -2.41. The standard InChI is InChI=1S/C19H15Cl2NO5/c20-10-2-1-3-11(21)16(10)15-9-13(24)17-12(23)8-14(25)18(19(17)27-15)22-4-6-26-7-5-22/h1-3,8-9,23,25H,4-7H2. The fourth-order valence-corrected chi connectivity index (χ4v) is 3.82. The number of benzene rings is 2. The molecule has 1 fully saturated rings. The van der Waals surface area contributed by atoms with Crippen molar-refractivity contribution in [2.45, 2.75) is 0 Å². The molecular weight excluding hydrogens is 393 g/mol. The monoisotopic (exact) mass is 407 g/mol. The molecule has 1 aromatic heterocycles. The van der Waals surface area contributed by atoms with Crippen LogP contribution < -0.4 is 10.3 Å². The van der Waals surface area contributed by atoms with Crippen molar-refractivity contribution < 1.29 is 19.4 Å². The molecule has 8 heteroatoms. The highest BCUT2D eigenvalue weighted by molar-refractivity contribution is 6.39. The molecule has 140 valence electrons. The summed E-state index contributed by atoms with van der Waals surface area (Å²) in [5.41, 5.74) is 0.311. The van der Waals surface area contributed by atoms with E-state index in [0.29, 0.717) is 47.6 Å². The van der Waals surface area contributed by atoms with Crippen molar-refractivity contribution >= 4 is 39.9 Å². The number of fused-ring (bicyclic) bond motifs is 1. The van der Waals surface area contributed by atoms with Crippen molar-refractivity contribution in [1.29, 1.82) is 0 Å². The molecule has 0 bridgehead atoms. The minimum Gasteiger partial charge on any atom is -0.507 e. The number of nitrogens with zero attached hydrogens (tertiary/aromatic N) is 1. The highest BCUT2D eigenvalue weighted by atomic mass is 35.5. The molecule has 27 heavy (non-hydrogen) atoms. The maximum atomic E-state index is 12.7. The number of aromatic hydroxyl groups is 2. The van der Waals surface area contributed by atoms with Gasteiger partial charge in [0.05, 0.1) is 28.8 Å². The van der Waals surface area contributed by atoms with E-state index in [2.05, 4.69) is 0 Å². The minimum absolute atomic E-state index is 0.0128. The molecule has 0 amide bonds. The molecule has 1 aliphatic heterocycles. The van der Waals surface area contributed by atoms with Crippen LogP contribution in [-0.2, 0) is 4.74 Å². The Morgan fingerprint density at radius 1 is 1.00 bits per heavy atom. The van der Waals surface area contributed by atoms with Gasteiger partial charge in [-0.15, -0.1) is 0 Å². The normalized spacial score (nSPS) is 14.7. The third-order valence-corrected chi connectivity index (χ3v) is 5.10. The molecule has 0 atom stereocenters. The molecule has 0 aliphatic carbocycles. The summed E-state index contributed by atoms with van der Waals surface area (Å²) in [7, 11) is 0. The van der Waals surface area contributed by atoms with E-state index in [4.69, 9.17) is 32.4 Å². The van der Waals surface area contributed by atoms with Crippen LogP contribution in [0.4, 0.5) is 5.69 Å². The minimum atomic E-state index is -0.464. The third kappa shape index (κ3) is 3.10. The maximum Gasteiger partial charge on any atom is 0.197 e. The number of morpholine rings is 1. The molecule has 2 heterocycles. The van der Waals surface area contributed by atoms with Crippen molar-refractivity contribution in [3.8, 4) is 22.8 Å². The average Bonchev–Trinajstić information content (AvgIpc) is 2.62. The van der Waals surface area contributed by atoms with E-state index in [-0.39, 0.29) is 28.2 Å². The zero-order chi connectivity index (χ0) is 19.1. The summed E-state index contributed by atoms with van der Waals surface area (Å²) in [5, 5.41) is 21.3. The van der Waals surface area contributed by atoms with Crippen molar-refractivity contribution in [1.82, 2.24) is 0 Å². The van der Waals surface area contributed by atoms with Gasteiger partial charge in [-0.25, -0.2) is 0 Å². The Kier molecular flexibility index (Phi) is 4.63. The number of anilines is 1. The Morgan fingerprint density at radius 2 is 1.67 bits per heavy atom. The molecule has 3 aromatic rings. The fraction of sp³-hybridized carbons (Fsp3) is 0.211. The van der Waals surface area contributed by atoms with Crippen LogP contribution in [0.1, 0.15) is 0 Å². The zero-order valence-electron chi connectivity index (χ0n) is 14.0. The first-order valence-corrected chi connectivity index (χ1v) is 9.03. The second kappa shape index (κ2) is 6.96. The largest absolute Gasteiger partial charge is 0.507 e. The lowest BCUT2D eigenvalue weighted by atomic mass is 10.1. The Bertz CT molecular complexity index is 1070. The lowest BCUT2D eigenvalue weighted by Crippen LogP contribution is -2.36. The lowest BCUT2D eigenvalue weighted by Gasteiger charge is -2.29. The summed E-state index contributed by atoms with van der Waals surface area (Å²) >= 11 is 12.5. The average molecular weight is 408 g/mol. The summed E-state index contributed by atoms with van der Waals surface area (Å²) in [4.78, 5) is 14.6. The van der Waals surface area contributed by atoms with Crippen LogP contribution in [-0.4, -0.2) is 36.5 Å². The number of ether oxygens (including phenoxy) is 1. The van der Waals surface area contributed by atoms with Crippen LogP contribution in [0.25, 0.3) is 22.3 Å². The van der Waals surface area contributed by atoms with Gasteiger partial charge in [-0.2, -0.15) is 0 Å². The summed E-state index contributed by atoms with van der Waals surface area (Å²) in [6.07, 6.45) is 0. The smallest absolute Gasteiger partial charge is 0.197 e. The molecule has 0 spiro atoms. The molecule has 1 aliphatic rings. The lowest BCUT2D eigenvalue weighted by molar-refractivity contribution is 0.122. The van der Waals surface area contributed by atoms with Crippen LogP contribution in [0.2, 0.25) is 10.0 Å². The fourth-order valence-electron chi connectivity index (χ4n) is 3.24. The summed E-state index contributed by atoms with van der Waals surface area (Å²) in [6, 6.07) is 7.33. The number of halogens is 2. The van der Waals surface area contributed by atoms with Crippen LogP contribution >= 0.6 is 23.2 Å². The van der Waals surface area contributed by atoms with E-state index in [1.54, 1.807) is 18.2 Å². The van der Waals surface area contributed by atoms with E-state index in [1.165, 1.54) is 6.07 Å². The second-order valence-corrected chi connectivity index (χ2v) is 6.95. The van der Waals surface area contributed by atoms with Gasteiger partial charge >= 0.3 is 0 Å². The van der Waals surface area contributed by atoms with Gasteiger partial charge in [0.2, 0.25) is 0 Å². The van der Waals surface area contributed by atoms with Gasteiger partial charge in [-0.05, 0) is 12.1 Å². The first-order valence-electron chi connectivity index (χ1n) is 8.27. The molecular formula is C19H15Cl2NO5. The van der Waals surface area contributed by atoms with Gasteiger partial charge < -0.3 is 24.3 Å². The van der Waals surface area contributed by atoms with Crippen molar-refractivity contribution in [3.63, 3.8) is 0 Å². The van der Waals surface area contributed by atoms with Crippen LogP contribution in [0.15, 0.2) is 39.5 Å². The van der Waals surface area contributed by atoms with E-state index >= 15 is 0 Å². The van der Waals surface area contributed by atoms with E-state index in [1.807, 2.05) is 4.90 Å². The van der Waals surface area contributed by atoms with Crippen LogP contribution in [0.3, 0.4) is 0 Å². The van der Waals surface area contributed by atoms with Crippen LogP contribution in [0.5, 0.6) is 11.5 Å². The predicted octanol–water partition coefficient (Wildman–Crippen LogP) is 4.01. The van der Waals surface area contributed by atoms with E-state index in [0.717, 1.165) is 6.07 Å². The van der Waals surface area contributed by atoms with E-state index in [9.17, 15) is 15.0 Å². The summed E-state index contributed by atoms with van der Waals surface area (Å²) in [6.45, 7) is 1.96. The van der Waals surface area contributed by atoms with Gasteiger partial charge in [0, 0.05) is 25.2 Å². The van der Waals surface area contributed by atoms with Crippen molar-refractivity contribution in [2.75, 3.05) is 31.2 Å². The van der Waals surface area contributed by atoms with Gasteiger partial charge in [-0.1, -0.05) is 29.3 Å². The summed E-state index contributed by atoms with van der Waals surface area (Å²) in [5.74, 6) is -0.389. The zero-order valence-corrected chi connectivity index (χ0v) is 15.5. The highest BCUT2D eigenvalue weighted by Crippen LogP contribution is 2.42. The van der Waals surface area contributed by atoms with Crippen molar-refractivity contribution in [2.24, 2.45) is 0 Å². The number of phenols is 2. The SMILES string of the molecule is O=c1cc(-c2c(Cl)cccc2Cl)oc2c(N3CCOCC3)c(O)cc(O)c12. The number of rotatable bonds is 2. The van der Waals surface area contributed by atoms with Crippen LogP contribution in [0, 0.1) is 0 Å². The highest BCUT2D eigenvalue weighted by Gasteiger charge is 2.24. The first kappa shape index (κ1) is 18.0. The molecule has 2 aromatic carbocycles. The molecule has 4 rings (SSSR count). The predicted molar refractivity (Wildman–Crippen MR) is 104 cm³/mol. The molecule has 6 nitrogen and oxygen atoms in total. The summed E-state index contributed by atoms with van der Waals surface area (Å²) < 4.78 is 11.3. The second-order valence-electron chi connectivity index (χ2n) is 6.14. The molecule has 0 unspecified atom stereocenters. The number of hydrogen-bond donors (Lipinski definition) is 2. The van der Waals surface area contributed by atoms with Crippen molar-refractivity contribution in [3.05, 3.63) is 50.6 Å². The number of hydrogen-bond acceptors (Lipinski definition) is 6. The third-order valence-electron chi connectivity index (χ3n) is 4.47. The van der Waals surface area contributed by atoms with E-state index < -0.39 is 5.43 Å². The van der Waals surface area contributed by atoms with Gasteiger partial charge in [0.15, 0.2) is 11.0 Å². The Labute approximate surface area is 164 Å².